The summed E-state index contributed by atoms with van der Waals surface area (Å²) in [4.78, 5) is 14.7. The molecule has 0 unspecified atom stereocenters. The Morgan fingerprint density at radius 2 is 0.682 bits per heavy atom. The number of nitrogens with zero attached hydrogens (tertiary/aromatic N) is 3. The van der Waals surface area contributed by atoms with Gasteiger partial charge in [-0.3, -0.25) is 0 Å². The van der Waals surface area contributed by atoms with Gasteiger partial charge in [0.25, 0.3) is 0 Å². The summed E-state index contributed by atoms with van der Waals surface area (Å²) < 4.78 is 5.15. The Morgan fingerprint density at radius 1 is 0.295 bits per heavy atom. The summed E-state index contributed by atoms with van der Waals surface area (Å²) in [5, 5.41) is 5.18. The minimum atomic E-state index is 0.672. The van der Waals surface area contributed by atoms with Crippen LogP contribution in [0.5, 0.6) is 0 Å². The maximum atomic E-state index is 4.94. The highest BCUT2D eigenvalue weighted by Crippen LogP contribution is 2.40. The second-order valence-electron chi connectivity index (χ2n) is 10.9. The standard InChI is InChI=1S/C39H23N3S2/c1-3-9-24(10-4-1)37-40-38(25-11-5-2-6-12-25)42-39(41-37)28-17-20-32-31-19-16-27(22-35(31)44-36(32)23-28)26-15-18-30-29-13-7-8-14-33(29)43-34(30)21-26/h1-23H. The van der Waals surface area contributed by atoms with Crippen molar-refractivity contribution in [3.63, 3.8) is 0 Å². The van der Waals surface area contributed by atoms with Crippen molar-refractivity contribution in [2.75, 3.05) is 0 Å². The highest BCUT2D eigenvalue weighted by Gasteiger charge is 2.15. The van der Waals surface area contributed by atoms with Crippen LogP contribution in [0, 0.1) is 0 Å². The second kappa shape index (κ2) is 10.2. The molecule has 3 nitrogen and oxygen atoms in total. The summed E-state index contributed by atoms with van der Waals surface area (Å²) >= 11 is 3.68. The zero-order valence-corrected chi connectivity index (χ0v) is 25.1. The van der Waals surface area contributed by atoms with Crippen LogP contribution >= 0.6 is 22.7 Å². The number of benzene rings is 6. The molecule has 0 aliphatic carbocycles. The van der Waals surface area contributed by atoms with Gasteiger partial charge >= 0.3 is 0 Å². The van der Waals surface area contributed by atoms with Crippen molar-refractivity contribution in [2.24, 2.45) is 0 Å². The zero-order chi connectivity index (χ0) is 29.0. The summed E-state index contributed by atoms with van der Waals surface area (Å²) in [6, 6.07) is 49.2. The van der Waals surface area contributed by atoms with Crippen LogP contribution in [0.1, 0.15) is 0 Å². The van der Waals surface area contributed by atoms with Gasteiger partial charge in [0.15, 0.2) is 17.5 Å². The van der Waals surface area contributed by atoms with E-state index in [1.54, 1.807) is 0 Å². The molecule has 0 aliphatic rings. The Labute approximate surface area is 261 Å². The maximum absolute atomic E-state index is 4.94. The minimum absolute atomic E-state index is 0.672. The van der Waals surface area contributed by atoms with Crippen molar-refractivity contribution >= 4 is 63.0 Å². The Hall–Kier alpha value is -5.23. The minimum Gasteiger partial charge on any atom is -0.208 e. The van der Waals surface area contributed by atoms with Crippen molar-refractivity contribution in [2.45, 2.75) is 0 Å². The lowest BCUT2D eigenvalue weighted by Crippen LogP contribution is -1.99. The zero-order valence-electron chi connectivity index (χ0n) is 23.4. The van der Waals surface area contributed by atoms with Gasteiger partial charge in [-0.1, -0.05) is 115 Å². The maximum Gasteiger partial charge on any atom is 0.164 e. The van der Waals surface area contributed by atoms with Crippen molar-refractivity contribution in [3.05, 3.63) is 140 Å². The Kier molecular flexibility index (Phi) is 5.86. The lowest BCUT2D eigenvalue weighted by atomic mass is 10.0. The first-order valence-electron chi connectivity index (χ1n) is 14.5. The van der Waals surface area contributed by atoms with E-state index in [-0.39, 0.29) is 0 Å². The number of aromatic nitrogens is 3. The van der Waals surface area contributed by atoms with Gasteiger partial charge in [-0.2, -0.15) is 0 Å². The second-order valence-corrected chi connectivity index (χ2v) is 13.0. The van der Waals surface area contributed by atoms with E-state index in [1.165, 1.54) is 51.5 Å². The van der Waals surface area contributed by atoms with Gasteiger partial charge in [0, 0.05) is 57.0 Å². The molecule has 5 heteroatoms. The van der Waals surface area contributed by atoms with E-state index < -0.39 is 0 Å². The third kappa shape index (κ3) is 4.29. The molecule has 206 valence electrons. The van der Waals surface area contributed by atoms with Gasteiger partial charge in [0.1, 0.15) is 0 Å². The van der Waals surface area contributed by atoms with Crippen LogP contribution in [-0.4, -0.2) is 15.0 Å². The molecular formula is C39H23N3S2. The molecule has 0 aliphatic heterocycles. The normalized spacial score (nSPS) is 11.6. The molecule has 0 amide bonds. The lowest BCUT2D eigenvalue weighted by molar-refractivity contribution is 1.07. The van der Waals surface area contributed by atoms with Crippen LogP contribution in [0.25, 0.3) is 85.6 Å². The first-order chi connectivity index (χ1) is 21.8. The van der Waals surface area contributed by atoms with E-state index in [4.69, 9.17) is 15.0 Å². The summed E-state index contributed by atoms with van der Waals surface area (Å²) in [5.74, 6) is 2.02. The van der Waals surface area contributed by atoms with E-state index >= 15 is 0 Å². The topological polar surface area (TPSA) is 38.7 Å². The number of hydrogen-bond acceptors (Lipinski definition) is 5. The van der Waals surface area contributed by atoms with Gasteiger partial charge < -0.3 is 0 Å². The molecule has 0 radical (unpaired) electrons. The van der Waals surface area contributed by atoms with E-state index in [2.05, 4.69) is 78.9 Å². The summed E-state index contributed by atoms with van der Waals surface area (Å²) in [7, 11) is 0. The largest absolute Gasteiger partial charge is 0.208 e. The Balaban J connectivity index is 1.14. The molecule has 44 heavy (non-hydrogen) atoms. The predicted molar refractivity (Wildman–Crippen MR) is 187 cm³/mol. The third-order valence-electron chi connectivity index (χ3n) is 8.14. The van der Waals surface area contributed by atoms with Crippen LogP contribution in [0.15, 0.2) is 140 Å². The number of thiophene rings is 2. The van der Waals surface area contributed by atoms with Gasteiger partial charge in [0.2, 0.25) is 0 Å². The molecule has 3 heterocycles. The van der Waals surface area contributed by atoms with Crippen molar-refractivity contribution in [1.82, 2.24) is 15.0 Å². The number of fused-ring (bicyclic) bond motifs is 6. The summed E-state index contributed by atoms with van der Waals surface area (Å²) in [6.07, 6.45) is 0. The molecule has 3 aromatic heterocycles. The fourth-order valence-electron chi connectivity index (χ4n) is 5.94. The van der Waals surface area contributed by atoms with Crippen molar-refractivity contribution in [3.8, 4) is 45.3 Å². The predicted octanol–water partition coefficient (Wildman–Crippen LogP) is 11.3. The highest BCUT2D eigenvalue weighted by molar-refractivity contribution is 7.26. The molecule has 9 rings (SSSR count). The van der Waals surface area contributed by atoms with Gasteiger partial charge in [-0.15, -0.1) is 22.7 Å². The van der Waals surface area contributed by atoms with Crippen LogP contribution in [0.3, 0.4) is 0 Å². The summed E-state index contributed by atoms with van der Waals surface area (Å²) in [5.41, 5.74) is 5.41. The number of rotatable bonds is 4. The van der Waals surface area contributed by atoms with E-state index in [0.717, 1.165) is 16.7 Å². The van der Waals surface area contributed by atoms with E-state index in [1.807, 2.05) is 83.3 Å². The Bertz CT molecular complexity index is 2440. The average Bonchev–Trinajstić information content (AvgIpc) is 3.65. The molecular weight excluding hydrogens is 575 g/mol. The molecule has 0 N–H and O–H groups in total. The van der Waals surface area contributed by atoms with Crippen LogP contribution in [0.2, 0.25) is 0 Å². The van der Waals surface area contributed by atoms with Crippen molar-refractivity contribution < 1.29 is 0 Å². The first-order valence-corrected chi connectivity index (χ1v) is 16.2. The van der Waals surface area contributed by atoms with Gasteiger partial charge in [-0.25, -0.2) is 15.0 Å². The molecule has 0 atom stereocenters. The average molecular weight is 598 g/mol. The van der Waals surface area contributed by atoms with E-state index in [9.17, 15) is 0 Å². The smallest absolute Gasteiger partial charge is 0.164 e. The first kappa shape index (κ1) is 25.3. The quantitative estimate of drug-likeness (QED) is 0.203. The molecule has 0 saturated heterocycles. The van der Waals surface area contributed by atoms with Crippen LogP contribution in [0.4, 0.5) is 0 Å². The molecule has 6 aromatic carbocycles. The monoisotopic (exact) mass is 597 g/mol. The molecule has 0 saturated carbocycles. The van der Waals surface area contributed by atoms with Gasteiger partial charge in [0.05, 0.1) is 0 Å². The number of hydrogen-bond donors (Lipinski definition) is 0. The Morgan fingerprint density at radius 3 is 1.23 bits per heavy atom. The highest BCUT2D eigenvalue weighted by atomic mass is 32.1. The molecule has 0 bridgehead atoms. The van der Waals surface area contributed by atoms with Crippen molar-refractivity contribution in [1.29, 1.82) is 0 Å². The third-order valence-corrected chi connectivity index (χ3v) is 10.4. The molecule has 0 spiro atoms. The van der Waals surface area contributed by atoms with Gasteiger partial charge in [-0.05, 0) is 35.4 Å². The lowest BCUT2D eigenvalue weighted by Gasteiger charge is -2.08. The molecule has 9 aromatic rings. The molecule has 0 fully saturated rings. The SMILES string of the molecule is c1ccc(-c2nc(-c3ccccc3)nc(-c3ccc4c(c3)sc3cc(-c5ccc6c(c5)sc5ccccc56)ccc34)n2)cc1. The van der Waals surface area contributed by atoms with Crippen LogP contribution < -0.4 is 0 Å². The van der Waals surface area contributed by atoms with Crippen LogP contribution in [-0.2, 0) is 0 Å². The fraction of sp³-hybridized carbons (Fsp3) is 0. The fourth-order valence-corrected chi connectivity index (χ4v) is 8.27. The van der Waals surface area contributed by atoms with E-state index in [0.29, 0.717) is 17.5 Å². The summed E-state index contributed by atoms with van der Waals surface area (Å²) in [6.45, 7) is 0.